The third-order valence-corrected chi connectivity index (χ3v) is 5.99. The number of likely N-dealkylation sites (tertiary alicyclic amines) is 1. The van der Waals surface area contributed by atoms with Gasteiger partial charge in [-0.3, -0.25) is 9.89 Å². The minimum atomic E-state index is 0.372. The summed E-state index contributed by atoms with van der Waals surface area (Å²) in [6, 6.07) is 11.4. The predicted octanol–water partition coefficient (Wildman–Crippen LogP) is 3.25. The van der Waals surface area contributed by atoms with Crippen LogP contribution >= 0.6 is 0 Å². The highest BCUT2D eigenvalue weighted by Gasteiger charge is 2.29. The van der Waals surface area contributed by atoms with Crippen molar-refractivity contribution in [2.24, 2.45) is 10.9 Å². The largest absolute Gasteiger partial charge is 0.357 e. The van der Waals surface area contributed by atoms with Gasteiger partial charge in [-0.15, -0.1) is 0 Å². The van der Waals surface area contributed by atoms with Crippen LogP contribution in [0.3, 0.4) is 0 Å². The number of hydrogen-bond donors (Lipinski definition) is 1. The van der Waals surface area contributed by atoms with Gasteiger partial charge >= 0.3 is 0 Å². The first kappa shape index (κ1) is 21.4. The van der Waals surface area contributed by atoms with Crippen LogP contribution in [0.25, 0.3) is 0 Å². The SMILES string of the molecule is CCNC(=NCC(C)N(C)Cc1ccccc1)N1CCC(C)C(n2ccnc2)C1. The second-order valence-corrected chi connectivity index (χ2v) is 8.23. The minimum absolute atomic E-state index is 0.372. The number of likely N-dealkylation sites (N-methyl/N-ethyl adjacent to an activating group) is 1. The van der Waals surface area contributed by atoms with Gasteiger partial charge in [-0.2, -0.15) is 0 Å². The van der Waals surface area contributed by atoms with E-state index in [-0.39, 0.29) is 0 Å². The summed E-state index contributed by atoms with van der Waals surface area (Å²) < 4.78 is 2.25. The Balaban J connectivity index is 1.62. The lowest BCUT2D eigenvalue weighted by molar-refractivity contribution is 0.188. The Kier molecular flexibility index (Phi) is 7.69. The molecule has 6 nitrogen and oxygen atoms in total. The highest BCUT2D eigenvalue weighted by molar-refractivity contribution is 5.80. The number of aliphatic imine (C=N–C) groups is 1. The summed E-state index contributed by atoms with van der Waals surface area (Å²) in [5.74, 6) is 1.67. The molecule has 1 aliphatic heterocycles. The third kappa shape index (κ3) is 5.82. The van der Waals surface area contributed by atoms with Crippen LogP contribution in [0.15, 0.2) is 54.0 Å². The fourth-order valence-corrected chi connectivity index (χ4v) is 3.91. The molecule has 0 radical (unpaired) electrons. The lowest BCUT2D eigenvalue weighted by atomic mass is 9.93. The van der Waals surface area contributed by atoms with Crippen molar-refractivity contribution in [2.45, 2.75) is 45.8 Å². The van der Waals surface area contributed by atoms with Crippen LogP contribution in [0, 0.1) is 5.92 Å². The Hall–Kier alpha value is -2.34. The second-order valence-electron chi connectivity index (χ2n) is 8.23. The van der Waals surface area contributed by atoms with Gasteiger partial charge in [-0.05, 0) is 38.8 Å². The Labute approximate surface area is 175 Å². The first-order valence-corrected chi connectivity index (χ1v) is 10.8. The van der Waals surface area contributed by atoms with E-state index in [9.17, 15) is 0 Å². The number of guanidine groups is 1. The molecule has 2 aromatic rings. The first-order valence-electron chi connectivity index (χ1n) is 10.8. The van der Waals surface area contributed by atoms with Crippen molar-refractivity contribution in [2.75, 3.05) is 33.2 Å². The van der Waals surface area contributed by atoms with Gasteiger partial charge in [0.15, 0.2) is 5.96 Å². The number of hydrogen-bond acceptors (Lipinski definition) is 3. The van der Waals surface area contributed by atoms with Crippen LogP contribution in [0.4, 0.5) is 0 Å². The molecular formula is C23H36N6. The summed E-state index contributed by atoms with van der Waals surface area (Å²) in [5, 5.41) is 3.51. The maximum absolute atomic E-state index is 5.01. The molecule has 1 aromatic heterocycles. The number of nitrogens with one attached hydrogen (secondary N) is 1. The molecule has 1 saturated heterocycles. The molecule has 158 valence electrons. The van der Waals surface area contributed by atoms with Crippen molar-refractivity contribution in [3.63, 3.8) is 0 Å². The van der Waals surface area contributed by atoms with Gasteiger partial charge in [0.1, 0.15) is 0 Å². The van der Waals surface area contributed by atoms with E-state index >= 15 is 0 Å². The maximum Gasteiger partial charge on any atom is 0.194 e. The summed E-state index contributed by atoms with van der Waals surface area (Å²) in [7, 11) is 2.18. The van der Waals surface area contributed by atoms with Crippen LogP contribution in [-0.4, -0.2) is 64.6 Å². The highest BCUT2D eigenvalue weighted by Crippen LogP contribution is 2.27. The molecular weight excluding hydrogens is 360 g/mol. The van der Waals surface area contributed by atoms with Crippen molar-refractivity contribution < 1.29 is 0 Å². The van der Waals surface area contributed by atoms with E-state index in [1.807, 2.05) is 12.5 Å². The summed E-state index contributed by atoms with van der Waals surface area (Å²) in [6.07, 6.45) is 7.05. The van der Waals surface area contributed by atoms with Gasteiger partial charge in [0.25, 0.3) is 0 Å². The summed E-state index contributed by atoms with van der Waals surface area (Å²) in [6.45, 7) is 11.4. The highest BCUT2D eigenvalue weighted by atomic mass is 15.3. The first-order chi connectivity index (χ1) is 14.1. The second kappa shape index (κ2) is 10.4. The van der Waals surface area contributed by atoms with Gasteiger partial charge in [0, 0.05) is 44.6 Å². The summed E-state index contributed by atoms with van der Waals surface area (Å²) >= 11 is 0. The normalized spacial score (nSPS) is 21.4. The van der Waals surface area contributed by atoms with E-state index in [0.29, 0.717) is 18.0 Å². The van der Waals surface area contributed by atoms with Crippen LogP contribution < -0.4 is 5.32 Å². The molecule has 1 fully saturated rings. The van der Waals surface area contributed by atoms with Gasteiger partial charge in [-0.25, -0.2) is 4.98 Å². The average Bonchev–Trinajstić information content (AvgIpc) is 3.26. The molecule has 0 saturated carbocycles. The molecule has 1 aromatic carbocycles. The molecule has 3 atom stereocenters. The zero-order valence-corrected chi connectivity index (χ0v) is 18.3. The van der Waals surface area contributed by atoms with Crippen molar-refractivity contribution in [3.8, 4) is 0 Å². The lowest BCUT2D eigenvalue weighted by Gasteiger charge is -2.39. The van der Waals surface area contributed by atoms with E-state index < -0.39 is 0 Å². The molecule has 0 aliphatic carbocycles. The zero-order valence-electron chi connectivity index (χ0n) is 18.3. The molecule has 0 spiro atoms. The van der Waals surface area contributed by atoms with Gasteiger partial charge in [-0.1, -0.05) is 37.3 Å². The van der Waals surface area contributed by atoms with Crippen LogP contribution in [-0.2, 0) is 6.54 Å². The Bertz CT molecular complexity index is 742. The smallest absolute Gasteiger partial charge is 0.194 e. The molecule has 2 heterocycles. The average molecular weight is 397 g/mol. The standard InChI is InChI=1S/C23H36N6/c1-5-25-23(26-15-20(3)27(4)16-21-9-7-6-8-10-21)28-13-11-19(2)22(17-28)29-14-12-24-18-29/h6-10,12,14,18-20,22H,5,11,13,15-17H2,1-4H3,(H,25,26). The Morgan fingerprint density at radius 3 is 2.83 bits per heavy atom. The third-order valence-electron chi connectivity index (χ3n) is 5.99. The van der Waals surface area contributed by atoms with Crippen LogP contribution in [0.1, 0.15) is 38.8 Å². The van der Waals surface area contributed by atoms with E-state index in [1.54, 1.807) is 0 Å². The molecule has 1 N–H and O–H groups in total. The van der Waals surface area contributed by atoms with E-state index in [4.69, 9.17) is 4.99 Å². The Morgan fingerprint density at radius 2 is 2.14 bits per heavy atom. The number of aromatic nitrogens is 2. The van der Waals surface area contributed by atoms with Crippen molar-refractivity contribution in [3.05, 3.63) is 54.6 Å². The van der Waals surface area contributed by atoms with E-state index in [1.165, 1.54) is 5.56 Å². The summed E-state index contributed by atoms with van der Waals surface area (Å²) in [5.41, 5.74) is 1.34. The fourth-order valence-electron chi connectivity index (χ4n) is 3.91. The summed E-state index contributed by atoms with van der Waals surface area (Å²) in [4.78, 5) is 14.0. The van der Waals surface area contributed by atoms with Gasteiger partial charge in [0.2, 0.25) is 0 Å². The van der Waals surface area contributed by atoms with Crippen LogP contribution in [0.2, 0.25) is 0 Å². The topological polar surface area (TPSA) is 48.7 Å². The van der Waals surface area contributed by atoms with E-state index in [0.717, 1.165) is 45.1 Å². The quantitative estimate of drug-likeness (QED) is 0.577. The van der Waals surface area contributed by atoms with Crippen molar-refractivity contribution >= 4 is 5.96 Å². The fraction of sp³-hybridized carbons (Fsp3) is 0.565. The molecule has 3 rings (SSSR count). The van der Waals surface area contributed by atoms with Gasteiger partial charge in [0.05, 0.1) is 18.9 Å². The molecule has 6 heteroatoms. The zero-order chi connectivity index (χ0) is 20.6. The molecule has 1 aliphatic rings. The minimum Gasteiger partial charge on any atom is -0.357 e. The number of imidazole rings is 1. The number of nitrogens with zero attached hydrogens (tertiary/aromatic N) is 5. The monoisotopic (exact) mass is 396 g/mol. The molecule has 0 bridgehead atoms. The number of piperidine rings is 1. The maximum atomic E-state index is 5.01. The lowest BCUT2D eigenvalue weighted by Crippen LogP contribution is -2.49. The molecule has 0 amide bonds. The van der Waals surface area contributed by atoms with E-state index in [2.05, 4.69) is 89.0 Å². The van der Waals surface area contributed by atoms with Crippen molar-refractivity contribution in [1.82, 2.24) is 24.7 Å². The molecule has 29 heavy (non-hydrogen) atoms. The number of rotatable bonds is 7. The predicted molar refractivity (Wildman–Crippen MR) is 120 cm³/mol. The molecule has 3 unspecified atom stereocenters. The van der Waals surface area contributed by atoms with Gasteiger partial charge < -0.3 is 14.8 Å². The van der Waals surface area contributed by atoms with Crippen LogP contribution in [0.5, 0.6) is 0 Å². The van der Waals surface area contributed by atoms with Crippen molar-refractivity contribution in [1.29, 1.82) is 0 Å². The number of benzene rings is 1. The Morgan fingerprint density at radius 1 is 1.34 bits per heavy atom.